The molecule has 3 rings (SSSR count). The van der Waals surface area contributed by atoms with Gasteiger partial charge in [0.15, 0.2) is 12.0 Å². The summed E-state index contributed by atoms with van der Waals surface area (Å²) in [7, 11) is 0. The molecule has 0 saturated carbocycles. The van der Waals surface area contributed by atoms with Gasteiger partial charge in [-0.05, 0) is 37.3 Å². The maximum absolute atomic E-state index is 13.0. The van der Waals surface area contributed by atoms with Crippen LogP contribution in [-0.2, 0) is 9.53 Å². The fourth-order valence-corrected chi connectivity index (χ4v) is 2.56. The second-order valence-electron chi connectivity index (χ2n) is 5.72. The van der Waals surface area contributed by atoms with Crippen molar-refractivity contribution in [3.05, 3.63) is 74.9 Å². The first-order valence-corrected chi connectivity index (χ1v) is 8.18. The zero-order valence-electron chi connectivity index (χ0n) is 14.0. The van der Waals surface area contributed by atoms with Gasteiger partial charge in [-0.25, -0.2) is 9.18 Å². The summed E-state index contributed by atoms with van der Waals surface area (Å²) in [5.41, 5.74) is 0.894. The highest BCUT2D eigenvalue weighted by Crippen LogP contribution is 2.22. The Morgan fingerprint density at radius 1 is 1.19 bits per heavy atom. The van der Waals surface area contributed by atoms with Gasteiger partial charge in [-0.15, -0.1) is 0 Å². The molecule has 1 amide bonds. The summed E-state index contributed by atoms with van der Waals surface area (Å²) in [6.45, 7) is 1.19. The molecule has 138 valence electrons. The van der Waals surface area contributed by atoms with Crippen LogP contribution in [0.15, 0.2) is 51.7 Å². The number of amides is 1. The van der Waals surface area contributed by atoms with Crippen molar-refractivity contribution in [2.75, 3.05) is 11.9 Å². The number of fused-ring (bicyclic) bond motifs is 1. The number of hydrogen-bond donors (Lipinski definition) is 1. The molecule has 1 N–H and O–H groups in total. The van der Waals surface area contributed by atoms with E-state index in [4.69, 9.17) is 20.8 Å². The second kappa shape index (κ2) is 7.59. The summed E-state index contributed by atoms with van der Waals surface area (Å²) in [4.78, 5) is 36.0. The lowest BCUT2D eigenvalue weighted by atomic mass is 10.1. The summed E-state index contributed by atoms with van der Waals surface area (Å²) < 4.78 is 23.2. The molecule has 0 aliphatic carbocycles. The maximum Gasteiger partial charge on any atom is 0.374 e. The lowest BCUT2D eigenvalue weighted by Gasteiger charge is -2.08. The van der Waals surface area contributed by atoms with Crippen LogP contribution in [0.5, 0.6) is 0 Å². The number of anilines is 1. The highest BCUT2D eigenvalue weighted by Gasteiger charge is 2.16. The molecule has 6 nitrogen and oxygen atoms in total. The molecule has 27 heavy (non-hydrogen) atoms. The van der Waals surface area contributed by atoms with Gasteiger partial charge in [0.1, 0.15) is 11.4 Å². The van der Waals surface area contributed by atoms with Gasteiger partial charge in [-0.2, -0.15) is 0 Å². The van der Waals surface area contributed by atoms with Crippen LogP contribution in [0.1, 0.15) is 16.1 Å². The molecular formula is C19H13ClFNO5. The lowest BCUT2D eigenvalue weighted by molar-refractivity contribution is -0.119. The molecule has 0 radical (unpaired) electrons. The minimum absolute atomic E-state index is 0.00509. The number of rotatable bonds is 4. The average Bonchev–Trinajstić information content (AvgIpc) is 2.62. The number of ether oxygens (including phenoxy) is 1. The first-order chi connectivity index (χ1) is 12.8. The van der Waals surface area contributed by atoms with Gasteiger partial charge in [0.2, 0.25) is 5.76 Å². The number of halogens is 2. The summed E-state index contributed by atoms with van der Waals surface area (Å²) in [6.07, 6.45) is 0. The molecule has 0 bridgehead atoms. The van der Waals surface area contributed by atoms with E-state index in [0.717, 1.165) is 23.8 Å². The zero-order valence-corrected chi connectivity index (χ0v) is 14.8. The predicted molar refractivity (Wildman–Crippen MR) is 97.5 cm³/mol. The lowest BCUT2D eigenvalue weighted by Crippen LogP contribution is -2.21. The standard InChI is InChI=1S/C19H13ClFNO5/c1-10-2-5-16-12(6-10)15(23)8-17(27-16)19(25)26-9-18(24)22-14-4-3-11(21)7-13(14)20/h2-8H,9H2,1H3,(H,22,24). The highest BCUT2D eigenvalue weighted by atomic mass is 35.5. The Balaban J connectivity index is 1.68. The Labute approximate surface area is 157 Å². The van der Waals surface area contributed by atoms with Crippen molar-refractivity contribution in [3.8, 4) is 0 Å². The molecule has 1 heterocycles. The number of hydrogen-bond acceptors (Lipinski definition) is 5. The van der Waals surface area contributed by atoms with E-state index < -0.39 is 29.7 Å². The quantitative estimate of drug-likeness (QED) is 0.688. The van der Waals surface area contributed by atoms with Crippen LogP contribution >= 0.6 is 11.6 Å². The third-order valence-corrected chi connectivity index (χ3v) is 3.94. The molecule has 1 aromatic heterocycles. The number of nitrogens with one attached hydrogen (secondary N) is 1. The van der Waals surface area contributed by atoms with Crippen molar-refractivity contribution in [2.45, 2.75) is 6.92 Å². The Morgan fingerprint density at radius 3 is 2.70 bits per heavy atom. The predicted octanol–water partition coefficient (Wildman–Crippen LogP) is 3.69. The fourth-order valence-electron chi connectivity index (χ4n) is 2.35. The molecule has 3 aromatic rings. The Morgan fingerprint density at radius 2 is 1.96 bits per heavy atom. The third kappa shape index (κ3) is 4.32. The van der Waals surface area contributed by atoms with E-state index >= 15 is 0 Å². The molecule has 0 saturated heterocycles. The van der Waals surface area contributed by atoms with Crippen molar-refractivity contribution >= 4 is 40.1 Å². The number of carbonyl (C=O) groups excluding carboxylic acids is 2. The molecular weight excluding hydrogens is 377 g/mol. The molecule has 0 fully saturated rings. The monoisotopic (exact) mass is 389 g/mol. The van der Waals surface area contributed by atoms with E-state index in [-0.39, 0.29) is 22.1 Å². The van der Waals surface area contributed by atoms with Gasteiger partial charge >= 0.3 is 5.97 Å². The summed E-state index contributed by atoms with van der Waals surface area (Å²) in [5.74, 6) is -2.51. The van der Waals surface area contributed by atoms with Gasteiger partial charge in [-0.1, -0.05) is 23.2 Å². The van der Waals surface area contributed by atoms with Crippen LogP contribution in [-0.4, -0.2) is 18.5 Å². The van der Waals surface area contributed by atoms with Gasteiger partial charge in [0.05, 0.1) is 16.1 Å². The fraction of sp³-hybridized carbons (Fsp3) is 0.105. The van der Waals surface area contributed by atoms with Crippen LogP contribution in [0.2, 0.25) is 5.02 Å². The number of carbonyl (C=O) groups is 2. The maximum atomic E-state index is 13.0. The minimum atomic E-state index is -0.963. The Hall–Kier alpha value is -3.19. The smallest absolute Gasteiger partial charge is 0.374 e. The van der Waals surface area contributed by atoms with Gasteiger partial charge in [0, 0.05) is 6.07 Å². The number of esters is 1. The van der Waals surface area contributed by atoms with Crippen molar-refractivity contribution in [1.82, 2.24) is 0 Å². The summed E-state index contributed by atoms with van der Waals surface area (Å²) in [6, 6.07) is 9.41. The topological polar surface area (TPSA) is 85.6 Å². The van der Waals surface area contributed by atoms with Crippen LogP contribution in [0, 0.1) is 12.7 Å². The van der Waals surface area contributed by atoms with Crippen LogP contribution < -0.4 is 10.7 Å². The van der Waals surface area contributed by atoms with Gasteiger partial charge < -0.3 is 14.5 Å². The van der Waals surface area contributed by atoms with Crippen molar-refractivity contribution in [2.24, 2.45) is 0 Å². The largest absolute Gasteiger partial charge is 0.450 e. The third-order valence-electron chi connectivity index (χ3n) is 3.62. The van der Waals surface area contributed by atoms with Crippen molar-refractivity contribution in [1.29, 1.82) is 0 Å². The normalized spacial score (nSPS) is 10.6. The molecule has 0 spiro atoms. The molecule has 0 unspecified atom stereocenters. The van der Waals surface area contributed by atoms with E-state index in [0.29, 0.717) is 5.39 Å². The molecule has 0 aliphatic rings. The Bertz CT molecular complexity index is 1110. The highest BCUT2D eigenvalue weighted by molar-refractivity contribution is 6.33. The summed E-state index contributed by atoms with van der Waals surface area (Å²) >= 11 is 5.80. The van der Waals surface area contributed by atoms with Crippen LogP contribution in [0.25, 0.3) is 11.0 Å². The zero-order chi connectivity index (χ0) is 19.6. The van der Waals surface area contributed by atoms with E-state index in [2.05, 4.69) is 5.32 Å². The minimum Gasteiger partial charge on any atom is -0.450 e. The molecule has 2 aromatic carbocycles. The molecule has 8 heteroatoms. The van der Waals surface area contributed by atoms with Gasteiger partial charge in [0.25, 0.3) is 5.91 Å². The average molecular weight is 390 g/mol. The first kappa shape index (κ1) is 18.6. The van der Waals surface area contributed by atoms with E-state index in [1.165, 1.54) is 6.07 Å². The van der Waals surface area contributed by atoms with E-state index in [1.807, 2.05) is 6.92 Å². The van der Waals surface area contributed by atoms with E-state index in [1.54, 1.807) is 18.2 Å². The number of benzene rings is 2. The second-order valence-corrected chi connectivity index (χ2v) is 6.13. The Kier molecular flexibility index (Phi) is 5.23. The number of aryl methyl sites for hydroxylation is 1. The van der Waals surface area contributed by atoms with Crippen molar-refractivity contribution in [3.63, 3.8) is 0 Å². The molecule has 0 aliphatic heterocycles. The van der Waals surface area contributed by atoms with Gasteiger partial charge in [-0.3, -0.25) is 9.59 Å². The van der Waals surface area contributed by atoms with E-state index in [9.17, 15) is 18.8 Å². The first-order valence-electron chi connectivity index (χ1n) is 7.80. The van der Waals surface area contributed by atoms with Crippen molar-refractivity contribution < 1.29 is 23.1 Å². The van der Waals surface area contributed by atoms with Crippen LogP contribution in [0.4, 0.5) is 10.1 Å². The SMILES string of the molecule is Cc1ccc2oc(C(=O)OCC(=O)Nc3ccc(F)cc3Cl)cc(=O)c2c1. The molecule has 0 atom stereocenters. The summed E-state index contributed by atoms with van der Waals surface area (Å²) in [5, 5.41) is 2.73. The van der Waals surface area contributed by atoms with Crippen LogP contribution in [0.3, 0.4) is 0 Å².